The molecule has 0 saturated carbocycles. The molecule has 0 saturated heterocycles. The van der Waals surface area contributed by atoms with Gasteiger partial charge in [-0.15, -0.1) is 0 Å². The zero-order valence-corrected chi connectivity index (χ0v) is 7.67. The van der Waals surface area contributed by atoms with E-state index in [0.717, 1.165) is 18.5 Å². The third-order valence-corrected chi connectivity index (χ3v) is 2.36. The van der Waals surface area contributed by atoms with Crippen LogP contribution in [0.25, 0.3) is 0 Å². The van der Waals surface area contributed by atoms with Gasteiger partial charge in [0.2, 0.25) is 0 Å². The van der Waals surface area contributed by atoms with Crippen LogP contribution in [0.4, 0.5) is 0 Å². The smallest absolute Gasteiger partial charge is 0.0867 e. The van der Waals surface area contributed by atoms with Gasteiger partial charge in [-0.1, -0.05) is 20.8 Å². The van der Waals surface area contributed by atoms with Crippen molar-refractivity contribution in [3.8, 4) is 0 Å². The molecule has 1 atom stereocenters. The third kappa shape index (κ3) is 2.45. The molecule has 2 heteroatoms. The summed E-state index contributed by atoms with van der Waals surface area (Å²) in [6.45, 7) is 9.00. The van der Waals surface area contributed by atoms with Crippen molar-refractivity contribution in [2.75, 3.05) is 13.2 Å². The van der Waals surface area contributed by atoms with Crippen LogP contribution in [0.3, 0.4) is 0 Å². The molecule has 2 nitrogen and oxygen atoms in total. The van der Waals surface area contributed by atoms with Gasteiger partial charge in [-0.25, -0.2) is 0 Å². The quantitative estimate of drug-likeness (QED) is 0.664. The van der Waals surface area contributed by atoms with E-state index in [9.17, 15) is 0 Å². The minimum atomic E-state index is 0.777. The Labute approximate surface area is 69.3 Å². The summed E-state index contributed by atoms with van der Waals surface area (Å²) >= 11 is 0. The average Bonchev–Trinajstić information content (AvgIpc) is 2.39. The molecule has 1 aliphatic heterocycles. The van der Waals surface area contributed by atoms with Gasteiger partial charge in [0.05, 0.1) is 6.67 Å². The molecular weight excluding hydrogens is 136 g/mol. The van der Waals surface area contributed by atoms with Crippen molar-refractivity contribution in [3.63, 3.8) is 0 Å². The number of hydrogen-bond donors (Lipinski definition) is 1. The van der Waals surface area contributed by atoms with Crippen LogP contribution in [-0.2, 0) is 0 Å². The van der Waals surface area contributed by atoms with Crippen LogP contribution in [0.15, 0.2) is 12.4 Å². The van der Waals surface area contributed by atoms with Crippen LogP contribution in [0.5, 0.6) is 0 Å². The maximum Gasteiger partial charge on any atom is 0.0867 e. The van der Waals surface area contributed by atoms with Gasteiger partial charge < -0.3 is 10.2 Å². The number of hydrogen-bond acceptors (Lipinski definition) is 2. The first kappa shape index (κ1) is 8.44. The fraction of sp³-hybridized carbons (Fsp3) is 0.778. The van der Waals surface area contributed by atoms with Crippen molar-refractivity contribution < 1.29 is 0 Å². The highest BCUT2D eigenvalue weighted by atomic mass is 15.2. The number of nitrogens with one attached hydrogen (secondary N) is 1. The molecule has 0 spiro atoms. The summed E-state index contributed by atoms with van der Waals surface area (Å²) < 4.78 is 0. The van der Waals surface area contributed by atoms with Crippen LogP contribution >= 0.6 is 0 Å². The second kappa shape index (κ2) is 3.65. The maximum atomic E-state index is 3.16. The van der Waals surface area contributed by atoms with E-state index >= 15 is 0 Å². The molecule has 1 heterocycles. The van der Waals surface area contributed by atoms with E-state index in [-0.39, 0.29) is 0 Å². The first-order valence-corrected chi connectivity index (χ1v) is 4.34. The molecule has 0 aliphatic carbocycles. The molecule has 11 heavy (non-hydrogen) atoms. The van der Waals surface area contributed by atoms with Crippen LogP contribution in [0.1, 0.15) is 20.8 Å². The summed E-state index contributed by atoms with van der Waals surface area (Å²) in [4.78, 5) is 2.31. The Morgan fingerprint density at radius 3 is 2.64 bits per heavy atom. The van der Waals surface area contributed by atoms with E-state index in [2.05, 4.69) is 37.2 Å². The van der Waals surface area contributed by atoms with Gasteiger partial charge in [-0.05, 0) is 11.8 Å². The predicted octanol–water partition coefficient (Wildman–Crippen LogP) is 1.61. The van der Waals surface area contributed by atoms with Crippen LogP contribution in [0.2, 0.25) is 0 Å². The Kier molecular flexibility index (Phi) is 2.80. The van der Waals surface area contributed by atoms with Gasteiger partial charge in [-0.3, -0.25) is 0 Å². The second-order valence-electron chi connectivity index (χ2n) is 3.67. The van der Waals surface area contributed by atoms with Crippen molar-refractivity contribution >= 4 is 0 Å². The minimum absolute atomic E-state index is 0.777. The Morgan fingerprint density at radius 2 is 2.18 bits per heavy atom. The average molecular weight is 154 g/mol. The lowest BCUT2D eigenvalue weighted by molar-refractivity contribution is 0.282. The fourth-order valence-electron chi connectivity index (χ4n) is 1.09. The summed E-state index contributed by atoms with van der Waals surface area (Å²) in [6.07, 6.45) is 4.13. The second-order valence-corrected chi connectivity index (χ2v) is 3.67. The molecule has 0 fully saturated rings. The van der Waals surface area contributed by atoms with Crippen molar-refractivity contribution in [1.82, 2.24) is 10.2 Å². The van der Waals surface area contributed by atoms with E-state index in [1.807, 2.05) is 6.20 Å². The van der Waals surface area contributed by atoms with E-state index < -0.39 is 0 Å². The molecular formula is C9H18N2. The summed E-state index contributed by atoms with van der Waals surface area (Å²) in [5.74, 6) is 1.56. The Bertz CT molecular complexity index is 140. The summed E-state index contributed by atoms with van der Waals surface area (Å²) in [6, 6.07) is 0. The number of nitrogens with zero attached hydrogens (tertiary/aromatic N) is 1. The first-order chi connectivity index (χ1) is 5.20. The maximum absolute atomic E-state index is 3.16. The normalized spacial score (nSPS) is 19.1. The topological polar surface area (TPSA) is 15.3 Å². The summed E-state index contributed by atoms with van der Waals surface area (Å²) in [5, 5.41) is 3.16. The molecule has 1 N–H and O–H groups in total. The van der Waals surface area contributed by atoms with E-state index in [1.54, 1.807) is 0 Å². The van der Waals surface area contributed by atoms with E-state index in [4.69, 9.17) is 0 Å². The minimum Gasteiger partial charge on any atom is -0.373 e. The highest BCUT2D eigenvalue weighted by Gasteiger charge is 2.11. The lowest BCUT2D eigenvalue weighted by Crippen LogP contribution is -2.27. The lowest BCUT2D eigenvalue weighted by Gasteiger charge is -2.22. The van der Waals surface area contributed by atoms with Gasteiger partial charge in [0.1, 0.15) is 0 Å². The zero-order valence-electron chi connectivity index (χ0n) is 7.67. The molecule has 1 unspecified atom stereocenters. The zero-order chi connectivity index (χ0) is 8.27. The molecule has 0 amide bonds. The Morgan fingerprint density at radius 1 is 1.45 bits per heavy atom. The van der Waals surface area contributed by atoms with Crippen LogP contribution in [0, 0.1) is 11.8 Å². The van der Waals surface area contributed by atoms with Crippen molar-refractivity contribution in [2.45, 2.75) is 20.8 Å². The standard InChI is InChI=1S/C9H18N2/c1-8(2)9(3)6-11-5-4-10-7-11/h4-5,8-10H,6-7H2,1-3H3. The molecule has 0 bridgehead atoms. The molecule has 64 valence electrons. The highest BCUT2D eigenvalue weighted by molar-refractivity contribution is 4.87. The monoisotopic (exact) mass is 154 g/mol. The van der Waals surface area contributed by atoms with Crippen molar-refractivity contribution in [3.05, 3.63) is 12.4 Å². The van der Waals surface area contributed by atoms with Gasteiger partial charge in [0.25, 0.3) is 0 Å². The van der Waals surface area contributed by atoms with Crippen molar-refractivity contribution in [1.29, 1.82) is 0 Å². The SMILES string of the molecule is CC(C)C(C)CN1C=CNC1. The Hall–Kier alpha value is -0.660. The molecule has 0 aromatic heterocycles. The highest BCUT2D eigenvalue weighted by Crippen LogP contribution is 2.12. The van der Waals surface area contributed by atoms with Crippen LogP contribution in [-0.4, -0.2) is 18.1 Å². The summed E-state index contributed by atoms with van der Waals surface area (Å²) in [5.41, 5.74) is 0. The molecule has 1 rings (SSSR count). The van der Waals surface area contributed by atoms with Gasteiger partial charge in [0, 0.05) is 18.9 Å². The molecule has 1 aliphatic rings. The van der Waals surface area contributed by atoms with Gasteiger partial charge >= 0.3 is 0 Å². The summed E-state index contributed by atoms with van der Waals surface area (Å²) in [7, 11) is 0. The predicted molar refractivity (Wildman–Crippen MR) is 47.9 cm³/mol. The van der Waals surface area contributed by atoms with Crippen LogP contribution < -0.4 is 5.32 Å². The molecule has 0 aromatic rings. The molecule has 0 radical (unpaired) electrons. The fourth-order valence-corrected chi connectivity index (χ4v) is 1.09. The van der Waals surface area contributed by atoms with Gasteiger partial charge in [0.15, 0.2) is 0 Å². The third-order valence-electron chi connectivity index (χ3n) is 2.36. The van der Waals surface area contributed by atoms with E-state index in [1.165, 1.54) is 6.54 Å². The van der Waals surface area contributed by atoms with Crippen molar-refractivity contribution in [2.24, 2.45) is 11.8 Å². The van der Waals surface area contributed by atoms with E-state index in [0.29, 0.717) is 0 Å². The number of rotatable bonds is 3. The Balaban J connectivity index is 2.24. The lowest BCUT2D eigenvalue weighted by atomic mass is 9.98. The first-order valence-electron chi connectivity index (χ1n) is 4.34. The molecule has 0 aromatic carbocycles. The largest absolute Gasteiger partial charge is 0.373 e. The van der Waals surface area contributed by atoms with Gasteiger partial charge in [-0.2, -0.15) is 0 Å².